The fraction of sp³-hybridized carbons (Fsp3) is 0. The number of aromatic nitrogens is 3. The van der Waals surface area contributed by atoms with E-state index in [2.05, 4.69) is 20.3 Å². The number of carbonyl (C=O) groups is 1. The Morgan fingerprint density at radius 1 is 0.864 bits per heavy atom. The number of nitrogens with zero attached hydrogens (tertiary/aromatic N) is 3. The number of nitrogens with one attached hydrogen (secondary N) is 1. The Labute approximate surface area is 127 Å². The maximum Gasteiger partial charge on any atom is 0.293 e. The molecule has 3 aromatic rings. The third-order valence-corrected chi connectivity index (χ3v) is 2.92. The normalized spacial score (nSPS) is 10.2. The van der Waals surface area contributed by atoms with E-state index in [0.29, 0.717) is 11.5 Å². The number of benzene rings is 2. The van der Waals surface area contributed by atoms with Crippen molar-refractivity contribution in [3.8, 4) is 11.4 Å². The Kier molecular flexibility index (Phi) is 3.74. The van der Waals surface area contributed by atoms with Gasteiger partial charge in [0.2, 0.25) is 11.8 Å². The van der Waals surface area contributed by atoms with E-state index < -0.39 is 5.91 Å². The fourth-order valence-corrected chi connectivity index (χ4v) is 1.92. The van der Waals surface area contributed by atoms with Gasteiger partial charge >= 0.3 is 0 Å². The van der Waals surface area contributed by atoms with Gasteiger partial charge in [-0.05, 0) is 12.1 Å². The van der Waals surface area contributed by atoms with Crippen LogP contribution in [-0.4, -0.2) is 20.9 Å². The molecule has 2 aromatic carbocycles. The van der Waals surface area contributed by atoms with E-state index in [1.165, 1.54) is 0 Å². The standard InChI is InChI=1S/C16H13N5O/c17-16-20-13(11-7-3-1-4-8-11)19-14(21-16)15(22)18-12-9-5-2-6-10-12/h1-10H,(H,18,22)(H2,17,19,20,21). The van der Waals surface area contributed by atoms with Gasteiger partial charge in [0.05, 0.1) is 0 Å². The van der Waals surface area contributed by atoms with Crippen molar-refractivity contribution >= 4 is 17.5 Å². The maximum atomic E-state index is 12.2. The Balaban J connectivity index is 1.91. The van der Waals surface area contributed by atoms with E-state index in [-0.39, 0.29) is 11.8 Å². The Morgan fingerprint density at radius 3 is 2.18 bits per heavy atom. The van der Waals surface area contributed by atoms with Crippen molar-refractivity contribution in [1.29, 1.82) is 0 Å². The first kappa shape index (κ1) is 13.7. The number of hydrogen-bond donors (Lipinski definition) is 2. The summed E-state index contributed by atoms with van der Waals surface area (Å²) in [5, 5.41) is 2.72. The van der Waals surface area contributed by atoms with Crippen LogP contribution < -0.4 is 11.1 Å². The van der Waals surface area contributed by atoms with Crippen molar-refractivity contribution < 1.29 is 4.79 Å². The molecular weight excluding hydrogens is 278 g/mol. The second kappa shape index (κ2) is 6.01. The monoisotopic (exact) mass is 291 g/mol. The molecule has 0 radical (unpaired) electrons. The van der Waals surface area contributed by atoms with Crippen LogP contribution in [0.5, 0.6) is 0 Å². The third kappa shape index (κ3) is 3.06. The highest BCUT2D eigenvalue weighted by molar-refractivity contribution is 6.01. The van der Waals surface area contributed by atoms with Crippen molar-refractivity contribution in [2.24, 2.45) is 0 Å². The zero-order valence-corrected chi connectivity index (χ0v) is 11.6. The highest BCUT2D eigenvalue weighted by atomic mass is 16.2. The predicted octanol–water partition coefficient (Wildman–Crippen LogP) is 2.37. The van der Waals surface area contributed by atoms with Gasteiger partial charge in [0, 0.05) is 11.3 Å². The van der Waals surface area contributed by atoms with Crippen LogP contribution in [0.3, 0.4) is 0 Å². The summed E-state index contributed by atoms with van der Waals surface area (Å²) in [4.78, 5) is 24.4. The van der Waals surface area contributed by atoms with E-state index in [0.717, 1.165) is 5.56 Å². The number of amides is 1. The average Bonchev–Trinajstić information content (AvgIpc) is 2.56. The molecule has 0 unspecified atom stereocenters. The molecule has 0 saturated carbocycles. The van der Waals surface area contributed by atoms with Gasteiger partial charge in [-0.2, -0.15) is 9.97 Å². The molecule has 0 saturated heterocycles. The third-order valence-electron chi connectivity index (χ3n) is 2.92. The maximum absolute atomic E-state index is 12.2. The van der Waals surface area contributed by atoms with E-state index in [1.807, 2.05) is 48.5 Å². The lowest BCUT2D eigenvalue weighted by Gasteiger charge is -2.06. The molecule has 0 aliphatic heterocycles. The van der Waals surface area contributed by atoms with Crippen molar-refractivity contribution in [2.75, 3.05) is 11.1 Å². The fourth-order valence-electron chi connectivity index (χ4n) is 1.92. The molecule has 1 aromatic heterocycles. The first-order valence-corrected chi connectivity index (χ1v) is 6.66. The van der Waals surface area contributed by atoms with Crippen molar-refractivity contribution in [3.05, 3.63) is 66.5 Å². The van der Waals surface area contributed by atoms with Gasteiger partial charge in [-0.3, -0.25) is 4.79 Å². The zero-order chi connectivity index (χ0) is 15.4. The lowest BCUT2D eigenvalue weighted by Crippen LogP contribution is -2.17. The van der Waals surface area contributed by atoms with Gasteiger partial charge in [-0.1, -0.05) is 48.5 Å². The summed E-state index contributed by atoms with van der Waals surface area (Å²) in [6.45, 7) is 0. The summed E-state index contributed by atoms with van der Waals surface area (Å²) >= 11 is 0. The molecule has 1 heterocycles. The molecule has 0 aliphatic carbocycles. The topological polar surface area (TPSA) is 93.8 Å². The Hall–Kier alpha value is -3.28. The van der Waals surface area contributed by atoms with Crippen molar-refractivity contribution in [3.63, 3.8) is 0 Å². The Morgan fingerprint density at radius 2 is 1.50 bits per heavy atom. The number of carbonyl (C=O) groups excluding carboxylic acids is 1. The number of anilines is 2. The lowest BCUT2D eigenvalue weighted by molar-refractivity contribution is 0.101. The highest BCUT2D eigenvalue weighted by Crippen LogP contribution is 2.15. The van der Waals surface area contributed by atoms with Gasteiger partial charge < -0.3 is 11.1 Å². The molecule has 0 aliphatic rings. The minimum atomic E-state index is -0.433. The lowest BCUT2D eigenvalue weighted by atomic mass is 10.2. The van der Waals surface area contributed by atoms with Gasteiger partial charge in [-0.15, -0.1) is 0 Å². The van der Waals surface area contributed by atoms with Crippen molar-refractivity contribution in [1.82, 2.24) is 15.0 Å². The first-order valence-electron chi connectivity index (χ1n) is 6.66. The van der Waals surface area contributed by atoms with E-state index in [9.17, 15) is 4.79 Å². The number of nitrogens with two attached hydrogens (primary N) is 1. The average molecular weight is 291 g/mol. The molecule has 0 fully saturated rings. The zero-order valence-electron chi connectivity index (χ0n) is 11.6. The van der Waals surface area contributed by atoms with Crippen LogP contribution in [0.4, 0.5) is 11.6 Å². The summed E-state index contributed by atoms with van der Waals surface area (Å²) in [5.41, 5.74) is 7.11. The van der Waals surface area contributed by atoms with Crippen LogP contribution in [0.1, 0.15) is 10.6 Å². The van der Waals surface area contributed by atoms with Gasteiger partial charge in [0.1, 0.15) is 0 Å². The summed E-state index contributed by atoms with van der Waals surface area (Å²) < 4.78 is 0. The summed E-state index contributed by atoms with van der Waals surface area (Å²) in [6, 6.07) is 18.4. The van der Waals surface area contributed by atoms with Gasteiger partial charge in [-0.25, -0.2) is 4.98 Å². The number of hydrogen-bond acceptors (Lipinski definition) is 5. The molecule has 3 N–H and O–H groups in total. The summed E-state index contributed by atoms with van der Waals surface area (Å²) in [5.74, 6) is -0.0777. The second-order valence-corrected chi connectivity index (χ2v) is 4.53. The summed E-state index contributed by atoms with van der Waals surface area (Å²) in [7, 11) is 0. The molecule has 3 rings (SSSR count). The van der Waals surface area contributed by atoms with Gasteiger partial charge in [0.15, 0.2) is 5.82 Å². The molecular formula is C16H13N5O. The predicted molar refractivity (Wildman–Crippen MR) is 84.1 cm³/mol. The van der Waals surface area contributed by atoms with Crippen LogP contribution in [0.25, 0.3) is 11.4 Å². The van der Waals surface area contributed by atoms with Crippen LogP contribution in [0, 0.1) is 0 Å². The number of para-hydroxylation sites is 1. The molecule has 0 atom stereocenters. The SMILES string of the molecule is Nc1nc(C(=O)Nc2ccccc2)nc(-c2ccccc2)n1. The van der Waals surface area contributed by atoms with E-state index >= 15 is 0 Å². The highest BCUT2D eigenvalue weighted by Gasteiger charge is 2.13. The van der Waals surface area contributed by atoms with Crippen LogP contribution in [0.2, 0.25) is 0 Å². The number of nitrogen functional groups attached to an aromatic ring is 1. The molecule has 108 valence electrons. The van der Waals surface area contributed by atoms with Crippen molar-refractivity contribution in [2.45, 2.75) is 0 Å². The van der Waals surface area contributed by atoms with E-state index in [1.54, 1.807) is 12.1 Å². The molecule has 6 heteroatoms. The van der Waals surface area contributed by atoms with Crippen LogP contribution >= 0.6 is 0 Å². The molecule has 22 heavy (non-hydrogen) atoms. The van der Waals surface area contributed by atoms with Crippen LogP contribution in [0.15, 0.2) is 60.7 Å². The minimum absolute atomic E-state index is 0.00654. The van der Waals surface area contributed by atoms with E-state index in [4.69, 9.17) is 5.73 Å². The second-order valence-electron chi connectivity index (χ2n) is 4.53. The molecule has 6 nitrogen and oxygen atoms in total. The summed E-state index contributed by atoms with van der Waals surface area (Å²) in [6.07, 6.45) is 0. The van der Waals surface area contributed by atoms with Crippen LogP contribution in [-0.2, 0) is 0 Å². The quantitative estimate of drug-likeness (QED) is 0.772. The Bertz CT molecular complexity index is 790. The van der Waals surface area contributed by atoms with Gasteiger partial charge in [0.25, 0.3) is 5.91 Å². The minimum Gasteiger partial charge on any atom is -0.368 e. The first-order chi connectivity index (χ1) is 10.7. The molecule has 1 amide bonds. The smallest absolute Gasteiger partial charge is 0.293 e. The number of rotatable bonds is 3. The molecule has 0 spiro atoms. The molecule has 0 bridgehead atoms. The largest absolute Gasteiger partial charge is 0.368 e.